The highest BCUT2D eigenvalue weighted by molar-refractivity contribution is 8.12. The molecule has 0 N–H and O–H groups in total. The Hall–Kier alpha value is -0.540. The van der Waals surface area contributed by atoms with Gasteiger partial charge in [0, 0.05) is 18.9 Å². The fourth-order valence-electron chi connectivity index (χ4n) is 0.677. The van der Waals surface area contributed by atoms with Crippen molar-refractivity contribution in [3.8, 4) is 0 Å². The predicted molar refractivity (Wildman–Crippen MR) is 51.2 cm³/mol. The van der Waals surface area contributed by atoms with E-state index in [9.17, 15) is 4.79 Å². The van der Waals surface area contributed by atoms with E-state index < -0.39 is 0 Å². The lowest BCUT2D eigenvalue weighted by atomic mass is 10.3. The van der Waals surface area contributed by atoms with Gasteiger partial charge < -0.3 is 0 Å². The van der Waals surface area contributed by atoms with Crippen LogP contribution in [-0.4, -0.2) is 10.1 Å². The zero-order chi connectivity index (χ0) is 8.97. The predicted octanol–water partition coefficient (Wildman–Crippen LogP) is 2.51. The van der Waals surface area contributed by atoms with E-state index in [4.69, 9.17) is 11.6 Å². The maximum atomic E-state index is 10.6. The lowest BCUT2D eigenvalue weighted by Gasteiger charge is -1.96. The van der Waals surface area contributed by atoms with Gasteiger partial charge in [-0.2, -0.15) is 0 Å². The van der Waals surface area contributed by atoms with Crippen LogP contribution in [0.5, 0.6) is 0 Å². The van der Waals surface area contributed by atoms with E-state index in [1.165, 1.54) is 11.8 Å². The molecule has 1 rings (SSSR count). The summed E-state index contributed by atoms with van der Waals surface area (Å²) in [6.45, 7) is 1.55. The van der Waals surface area contributed by atoms with Crippen molar-refractivity contribution >= 4 is 28.5 Å². The quantitative estimate of drug-likeness (QED) is 0.689. The van der Waals surface area contributed by atoms with Gasteiger partial charge in [0.25, 0.3) is 0 Å². The van der Waals surface area contributed by atoms with Crippen LogP contribution in [0.2, 0.25) is 5.15 Å². The molecule has 0 unspecified atom stereocenters. The van der Waals surface area contributed by atoms with Gasteiger partial charge in [-0.25, -0.2) is 4.98 Å². The van der Waals surface area contributed by atoms with Crippen LogP contribution in [-0.2, 0) is 10.5 Å². The highest BCUT2D eigenvalue weighted by Crippen LogP contribution is 2.13. The third-order valence-electron chi connectivity index (χ3n) is 1.23. The summed E-state index contributed by atoms with van der Waals surface area (Å²) in [6.07, 6.45) is 1.68. The van der Waals surface area contributed by atoms with Crippen LogP contribution in [0.1, 0.15) is 12.5 Å². The van der Waals surface area contributed by atoms with Gasteiger partial charge in [-0.15, -0.1) is 0 Å². The highest BCUT2D eigenvalue weighted by atomic mass is 35.5. The van der Waals surface area contributed by atoms with Gasteiger partial charge in [0.2, 0.25) is 0 Å². The Morgan fingerprint density at radius 2 is 2.42 bits per heavy atom. The molecule has 0 spiro atoms. The molecule has 12 heavy (non-hydrogen) atoms. The van der Waals surface area contributed by atoms with Crippen LogP contribution in [0.15, 0.2) is 18.3 Å². The van der Waals surface area contributed by atoms with E-state index in [0.29, 0.717) is 10.9 Å². The van der Waals surface area contributed by atoms with Crippen LogP contribution < -0.4 is 0 Å². The number of halogens is 1. The molecule has 1 aromatic rings. The van der Waals surface area contributed by atoms with Crippen molar-refractivity contribution in [3.63, 3.8) is 0 Å². The van der Waals surface area contributed by atoms with Crippen molar-refractivity contribution in [1.82, 2.24) is 4.98 Å². The number of nitrogens with zero attached hydrogens (tertiary/aromatic N) is 1. The van der Waals surface area contributed by atoms with Crippen molar-refractivity contribution in [1.29, 1.82) is 0 Å². The van der Waals surface area contributed by atoms with E-state index in [1.807, 2.05) is 6.07 Å². The monoisotopic (exact) mass is 201 g/mol. The van der Waals surface area contributed by atoms with Crippen LogP contribution in [0, 0.1) is 0 Å². The summed E-state index contributed by atoms with van der Waals surface area (Å²) in [5, 5.41) is 0.594. The number of aromatic nitrogens is 1. The van der Waals surface area contributed by atoms with E-state index in [2.05, 4.69) is 4.98 Å². The Kier molecular flexibility index (Phi) is 3.56. The number of hydrogen-bond donors (Lipinski definition) is 0. The molecule has 0 radical (unpaired) electrons. The minimum absolute atomic E-state index is 0.116. The second-order valence-electron chi connectivity index (χ2n) is 2.27. The fraction of sp³-hybridized carbons (Fsp3) is 0.250. The molecule has 0 fully saturated rings. The minimum Gasteiger partial charge on any atom is -0.288 e. The third kappa shape index (κ3) is 3.24. The van der Waals surface area contributed by atoms with Gasteiger partial charge in [-0.05, 0) is 11.6 Å². The standard InChI is InChI=1S/C8H8ClNOS/c1-6(11)12-5-7-2-3-8(9)10-4-7/h2-4H,5H2,1H3. The number of carbonyl (C=O) groups excluding carboxylic acids is 1. The topological polar surface area (TPSA) is 30.0 Å². The minimum atomic E-state index is 0.116. The number of pyridine rings is 1. The van der Waals surface area contributed by atoms with Crippen molar-refractivity contribution in [2.24, 2.45) is 0 Å². The SMILES string of the molecule is CC(=O)SCc1ccc(Cl)nc1. The molecular weight excluding hydrogens is 194 g/mol. The van der Waals surface area contributed by atoms with E-state index in [1.54, 1.807) is 19.2 Å². The van der Waals surface area contributed by atoms with Gasteiger partial charge in [-0.3, -0.25) is 4.79 Å². The fourth-order valence-corrected chi connectivity index (χ4v) is 1.33. The first-order valence-corrected chi connectivity index (χ1v) is 4.78. The Balaban J connectivity index is 2.53. The first kappa shape index (κ1) is 9.55. The molecule has 1 aromatic heterocycles. The molecule has 64 valence electrons. The van der Waals surface area contributed by atoms with Crippen molar-refractivity contribution in [2.75, 3.05) is 0 Å². The molecule has 0 aromatic carbocycles. The van der Waals surface area contributed by atoms with Crippen LogP contribution in [0.3, 0.4) is 0 Å². The van der Waals surface area contributed by atoms with Crippen molar-refractivity contribution < 1.29 is 4.79 Å². The molecule has 0 aliphatic carbocycles. The first-order chi connectivity index (χ1) is 5.68. The first-order valence-electron chi connectivity index (χ1n) is 3.42. The molecule has 0 saturated carbocycles. The van der Waals surface area contributed by atoms with Crippen molar-refractivity contribution in [3.05, 3.63) is 29.0 Å². The average molecular weight is 202 g/mol. The third-order valence-corrected chi connectivity index (χ3v) is 2.34. The maximum Gasteiger partial charge on any atom is 0.186 e. The van der Waals surface area contributed by atoms with Gasteiger partial charge >= 0.3 is 0 Å². The van der Waals surface area contributed by atoms with Gasteiger partial charge in [0.05, 0.1) is 0 Å². The zero-order valence-electron chi connectivity index (χ0n) is 6.58. The average Bonchev–Trinajstić information content (AvgIpc) is 2.03. The van der Waals surface area contributed by atoms with Gasteiger partial charge in [-0.1, -0.05) is 29.4 Å². The smallest absolute Gasteiger partial charge is 0.186 e. The number of carbonyl (C=O) groups is 1. The number of thioether (sulfide) groups is 1. The number of rotatable bonds is 2. The van der Waals surface area contributed by atoms with Gasteiger partial charge in [0.1, 0.15) is 5.15 Å². The van der Waals surface area contributed by atoms with Crippen LogP contribution in [0.25, 0.3) is 0 Å². The van der Waals surface area contributed by atoms with E-state index in [0.717, 1.165) is 5.56 Å². The Morgan fingerprint density at radius 3 is 2.92 bits per heavy atom. The lowest BCUT2D eigenvalue weighted by Crippen LogP contribution is -1.86. The molecule has 1 heterocycles. The van der Waals surface area contributed by atoms with E-state index in [-0.39, 0.29) is 5.12 Å². The van der Waals surface area contributed by atoms with Crippen molar-refractivity contribution in [2.45, 2.75) is 12.7 Å². The molecule has 0 atom stereocenters. The molecule has 0 saturated heterocycles. The Morgan fingerprint density at radius 1 is 1.67 bits per heavy atom. The largest absolute Gasteiger partial charge is 0.288 e. The molecule has 0 bridgehead atoms. The summed E-state index contributed by atoms with van der Waals surface area (Å²) < 4.78 is 0. The summed E-state index contributed by atoms with van der Waals surface area (Å²) in [4.78, 5) is 14.5. The molecule has 0 amide bonds. The summed E-state index contributed by atoms with van der Waals surface area (Å²) in [5.74, 6) is 0.666. The molecule has 4 heteroatoms. The normalized spacial score (nSPS) is 9.83. The maximum absolute atomic E-state index is 10.6. The lowest BCUT2D eigenvalue weighted by molar-refractivity contribution is -0.109. The summed E-state index contributed by atoms with van der Waals surface area (Å²) >= 11 is 6.86. The Bertz CT molecular complexity index is 273. The molecular formula is C8H8ClNOS. The molecule has 0 aliphatic rings. The molecule has 0 aliphatic heterocycles. The highest BCUT2D eigenvalue weighted by Gasteiger charge is 1.97. The Labute approximate surface area is 80.3 Å². The van der Waals surface area contributed by atoms with Crippen LogP contribution in [0.4, 0.5) is 0 Å². The summed E-state index contributed by atoms with van der Waals surface area (Å²) in [5.41, 5.74) is 1.01. The second-order valence-corrected chi connectivity index (χ2v) is 3.81. The molecule has 2 nitrogen and oxygen atoms in total. The summed E-state index contributed by atoms with van der Waals surface area (Å²) in [7, 11) is 0. The van der Waals surface area contributed by atoms with Crippen LogP contribution >= 0.6 is 23.4 Å². The number of hydrogen-bond acceptors (Lipinski definition) is 3. The van der Waals surface area contributed by atoms with Gasteiger partial charge in [0.15, 0.2) is 5.12 Å². The van der Waals surface area contributed by atoms with E-state index >= 15 is 0 Å². The summed E-state index contributed by atoms with van der Waals surface area (Å²) in [6, 6.07) is 3.59. The second kappa shape index (κ2) is 4.48. The zero-order valence-corrected chi connectivity index (χ0v) is 8.15.